The van der Waals surface area contributed by atoms with Gasteiger partial charge in [-0.25, -0.2) is 8.42 Å². The zero-order valence-electron chi connectivity index (χ0n) is 18.1. The maximum absolute atomic E-state index is 12.4. The minimum absolute atomic E-state index is 0.101. The van der Waals surface area contributed by atoms with Crippen molar-refractivity contribution in [3.8, 4) is 11.3 Å². The number of rotatable bonds is 9. The van der Waals surface area contributed by atoms with E-state index in [9.17, 15) is 13.2 Å². The van der Waals surface area contributed by atoms with Crippen LogP contribution in [0.25, 0.3) is 11.3 Å². The number of hydrogen-bond acceptors (Lipinski definition) is 4. The number of hydrogen-bond donors (Lipinski definition) is 1. The lowest BCUT2D eigenvalue weighted by Crippen LogP contribution is -2.25. The molecule has 4 rings (SSSR count). The second-order valence-electron chi connectivity index (χ2n) is 7.71. The summed E-state index contributed by atoms with van der Waals surface area (Å²) in [6.45, 7) is 0.882. The number of benzene rings is 3. The third-order valence-electron chi connectivity index (χ3n) is 5.25. The molecule has 168 valence electrons. The number of sulfone groups is 1. The quantitative estimate of drug-likeness (QED) is 0.409. The van der Waals surface area contributed by atoms with E-state index in [0.717, 1.165) is 22.4 Å². The van der Waals surface area contributed by atoms with E-state index in [4.69, 9.17) is 5.10 Å². The van der Waals surface area contributed by atoms with Crippen molar-refractivity contribution in [1.82, 2.24) is 15.1 Å². The largest absolute Gasteiger partial charge is 0.352 e. The van der Waals surface area contributed by atoms with Gasteiger partial charge in [0.05, 0.1) is 22.9 Å². The van der Waals surface area contributed by atoms with E-state index in [1.165, 1.54) is 0 Å². The molecule has 0 radical (unpaired) electrons. The Hall–Kier alpha value is -3.71. The normalized spacial score (nSPS) is 11.3. The van der Waals surface area contributed by atoms with Gasteiger partial charge in [0.1, 0.15) is 0 Å². The predicted molar refractivity (Wildman–Crippen MR) is 128 cm³/mol. The lowest BCUT2D eigenvalue weighted by Gasteiger charge is -2.07. The highest BCUT2D eigenvalue weighted by atomic mass is 32.2. The molecule has 0 bridgehead atoms. The molecule has 1 aromatic heterocycles. The molecule has 4 aromatic rings. The van der Waals surface area contributed by atoms with Crippen molar-refractivity contribution < 1.29 is 13.2 Å². The van der Waals surface area contributed by atoms with Gasteiger partial charge in [-0.1, -0.05) is 78.9 Å². The Morgan fingerprint density at radius 1 is 0.848 bits per heavy atom. The van der Waals surface area contributed by atoms with E-state index in [-0.39, 0.29) is 29.5 Å². The molecule has 3 aromatic carbocycles. The van der Waals surface area contributed by atoms with Crippen molar-refractivity contribution in [3.05, 3.63) is 108 Å². The molecule has 6 nitrogen and oxygen atoms in total. The second kappa shape index (κ2) is 10.3. The summed E-state index contributed by atoms with van der Waals surface area (Å²) in [5.74, 6) is -0.550. The predicted octanol–water partition coefficient (Wildman–Crippen LogP) is 4.08. The lowest BCUT2D eigenvalue weighted by molar-refractivity contribution is -0.120. The lowest BCUT2D eigenvalue weighted by atomic mass is 10.1. The van der Waals surface area contributed by atoms with Crippen molar-refractivity contribution in [2.45, 2.75) is 24.4 Å². The molecule has 1 N–H and O–H groups in total. The Kier molecular flexibility index (Phi) is 7.00. The van der Waals surface area contributed by atoms with Gasteiger partial charge in [0.2, 0.25) is 5.91 Å². The molecule has 0 saturated carbocycles. The van der Waals surface area contributed by atoms with Crippen molar-refractivity contribution in [2.75, 3.05) is 5.75 Å². The number of aromatic nitrogens is 2. The summed E-state index contributed by atoms with van der Waals surface area (Å²) in [4.78, 5) is 12.7. The summed E-state index contributed by atoms with van der Waals surface area (Å²) in [6.07, 6.45) is 1.83. The molecule has 0 aliphatic rings. The molecule has 0 spiro atoms. The molecule has 7 heteroatoms. The first-order chi connectivity index (χ1) is 16.0. The summed E-state index contributed by atoms with van der Waals surface area (Å²) < 4.78 is 26.7. The van der Waals surface area contributed by atoms with Crippen LogP contribution in [0.2, 0.25) is 0 Å². The van der Waals surface area contributed by atoms with Crippen molar-refractivity contribution in [2.24, 2.45) is 0 Å². The van der Waals surface area contributed by atoms with Gasteiger partial charge in [-0.05, 0) is 17.7 Å². The topological polar surface area (TPSA) is 81.1 Å². The first kappa shape index (κ1) is 22.5. The Bertz CT molecular complexity index is 1300. The standard InChI is InChI=1S/C26H25N3O3S/c30-25(16-17-33(31,32)24-14-8-3-9-15-24)27-18-23-20-29(19-21-10-4-1-5-11-21)28-26(23)22-12-6-2-7-13-22/h1-15,20H,16-19H2,(H,27,30). The average molecular weight is 460 g/mol. The molecule has 0 fully saturated rings. The first-order valence-corrected chi connectivity index (χ1v) is 12.4. The van der Waals surface area contributed by atoms with Crippen LogP contribution < -0.4 is 5.32 Å². The summed E-state index contributed by atoms with van der Waals surface area (Å²) in [5.41, 5.74) is 3.75. The number of nitrogens with one attached hydrogen (secondary N) is 1. The third-order valence-corrected chi connectivity index (χ3v) is 6.98. The van der Waals surface area contributed by atoms with Crippen LogP contribution in [0.4, 0.5) is 0 Å². The highest BCUT2D eigenvalue weighted by molar-refractivity contribution is 7.91. The van der Waals surface area contributed by atoms with Gasteiger partial charge in [-0.3, -0.25) is 9.48 Å². The third kappa shape index (κ3) is 5.96. The molecular weight excluding hydrogens is 434 g/mol. The molecule has 0 aliphatic heterocycles. The van der Waals surface area contributed by atoms with Crippen molar-refractivity contribution in [1.29, 1.82) is 0 Å². The highest BCUT2D eigenvalue weighted by Crippen LogP contribution is 2.22. The van der Waals surface area contributed by atoms with Gasteiger partial charge in [0, 0.05) is 30.3 Å². The maximum Gasteiger partial charge on any atom is 0.221 e. The Morgan fingerprint density at radius 2 is 1.45 bits per heavy atom. The molecule has 0 saturated heterocycles. The highest BCUT2D eigenvalue weighted by Gasteiger charge is 2.17. The van der Waals surface area contributed by atoms with E-state index < -0.39 is 9.84 Å². The van der Waals surface area contributed by atoms with Crippen LogP contribution in [0.1, 0.15) is 17.5 Å². The summed E-state index contributed by atoms with van der Waals surface area (Å²) >= 11 is 0. The van der Waals surface area contributed by atoms with Gasteiger partial charge >= 0.3 is 0 Å². The average Bonchev–Trinajstić information content (AvgIpc) is 3.26. The van der Waals surface area contributed by atoms with Gasteiger partial charge in [-0.15, -0.1) is 0 Å². The van der Waals surface area contributed by atoms with Crippen molar-refractivity contribution >= 4 is 15.7 Å². The zero-order chi connectivity index (χ0) is 23.1. The second-order valence-corrected chi connectivity index (χ2v) is 9.82. The molecule has 1 heterocycles. The number of carbonyl (C=O) groups excluding carboxylic acids is 1. The van der Waals surface area contributed by atoms with Gasteiger partial charge in [0.15, 0.2) is 9.84 Å². The fourth-order valence-corrected chi connectivity index (χ4v) is 4.80. The van der Waals surface area contributed by atoms with Crippen LogP contribution in [0.5, 0.6) is 0 Å². The fraction of sp³-hybridized carbons (Fsp3) is 0.154. The summed E-state index contributed by atoms with van der Waals surface area (Å²) in [7, 11) is -3.50. The van der Waals surface area contributed by atoms with Crippen LogP contribution in [-0.2, 0) is 27.7 Å². The van der Waals surface area contributed by atoms with E-state index in [0.29, 0.717) is 6.54 Å². The SMILES string of the molecule is O=C(CCS(=O)(=O)c1ccccc1)NCc1cn(Cc2ccccc2)nc1-c1ccccc1. The van der Waals surface area contributed by atoms with E-state index in [1.54, 1.807) is 30.3 Å². The number of nitrogens with zero attached hydrogens (tertiary/aromatic N) is 2. The fourth-order valence-electron chi connectivity index (χ4n) is 3.54. The Labute approximate surface area is 193 Å². The molecule has 1 amide bonds. The van der Waals surface area contributed by atoms with Crippen LogP contribution in [-0.4, -0.2) is 29.9 Å². The first-order valence-electron chi connectivity index (χ1n) is 10.7. The number of amides is 1. The van der Waals surface area contributed by atoms with E-state index >= 15 is 0 Å². The minimum Gasteiger partial charge on any atom is -0.352 e. The molecule has 0 unspecified atom stereocenters. The van der Waals surface area contributed by atoms with Gasteiger partial charge in [-0.2, -0.15) is 5.10 Å². The molecular formula is C26H25N3O3S. The van der Waals surface area contributed by atoms with Crippen LogP contribution in [0, 0.1) is 0 Å². The van der Waals surface area contributed by atoms with Crippen LogP contribution >= 0.6 is 0 Å². The Morgan fingerprint density at radius 3 is 2.12 bits per heavy atom. The molecule has 0 atom stereocenters. The van der Waals surface area contributed by atoms with Crippen molar-refractivity contribution in [3.63, 3.8) is 0 Å². The van der Waals surface area contributed by atoms with E-state index in [1.807, 2.05) is 71.5 Å². The van der Waals surface area contributed by atoms with Gasteiger partial charge < -0.3 is 5.32 Å². The molecule has 33 heavy (non-hydrogen) atoms. The van der Waals surface area contributed by atoms with Crippen LogP contribution in [0.15, 0.2) is 102 Å². The minimum atomic E-state index is -3.50. The monoisotopic (exact) mass is 459 g/mol. The zero-order valence-corrected chi connectivity index (χ0v) is 18.9. The molecule has 0 aliphatic carbocycles. The smallest absolute Gasteiger partial charge is 0.221 e. The number of carbonyl (C=O) groups is 1. The Balaban J connectivity index is 1.44. The van der Waals surface area contributed by atoms with Crippen LogP contribution in [0.3, 0.4) is 0 Å². The maximum atomic E-state index is 12.4. The van der Waals surface area contributed by atoms with E-state index in [2.05, 4.69) is 5.32 Å². The summed E-state index contributed by atoms with van der Waals surface area (Å²) in [6, 6.07) is 28.0. The summed E-state index contributed by atoms with van der Waals surface area (Å²) in [5, 5.41) is 7.60. The van der Waals surface area contributed by atoms with Gasteiger partial charge in [0.25, 0.3) is 0 Å².